The van der Waals surface area contributed by atoms with Gasteiger partial charge in [0.2, 0.25) is 0 Å². The van der Waals surface area contributed by atoms with Crippen LogP contribution in [0.15, 0.2) is 18.2 Å². The zero-order valence-electron chi connectivity index (χ0n) is 9.96. The van der Waals surface area contributed by atoms with E-state index in [9.17, 15) is 15.0 Å². The fourth-order valence-corrected chi connectivity index (χ4v) is 1.53. The molecule has 100 valence electrons. The number of nitrogens with one attached hydrogen (secondary N) is 1. The molecule has 2 atom stereocenters. The molecule has 0 aromatic heterocycles. The van der Waals surface area contributed by atoms with Gasteiger partial charge in [-0.1, -0.05) is 6.07 Å². The van der Waals surface area contributed by atoms with Crippen LogP contribution < -0.4 is 21.7 Å². The number of nitrogens with two attached hydrogens (primary N) is 2. The van der Waals surface area contributed by atoms with Gasteiger partial charge in [0, 0.05) is 6.54 Å². The van der Waals surface area contributed by atoms with Gasteiger partial charge in [-0.2, -0.15) is 0 Å². The number of benzene rings is 1. The van der Waals surface area contributed by atoms with Gasteiger partial charge >= 0.3 is 0 Å². The molecule has 0 spiro atoms. The van der Waals surface area contributed by atoms with E-state index in [-0.39, 0.29) is 17.7 Å². The van der Waals surface area contributed by atoms with Crippen LogP contribution in [0.4, 0.5) is 0 Å². The Hall–Kier alpha value is -1.67. The number of hydrogen-bond acceptors (Lipinski definition) is 6. The van der Waals surface area contributed by atoms with Crippen molar-refractivity contribution in [1.29, 1.82) is 0 Å². The number of ether oxygens (including phenoxy) is 1. The molecule has 2 unspecified atom stereocenters. The summed E-state index contributed by atoms with van der Waals surface area (Å²) < 4.78 is 4.98. The van der Waals surface area contributed by atoms with Crippen LogP contribution in [0.3, 0.4) is 0 Å². The van der Waals surface area contributed by atoms with Gasteiger partial charge in [-0.25, -0.2) is 5.84 Å². The summed E-state index contributed by atoms with van der Waals surface area (Å²) in [6.07, 6.45) is -2.43. The maximum Gasteiger partial charge on any atom is 0.265 e. The predicted octanol–water partition coefficient (Wildman–Crippen LogP) is -1.35. The van der Waals surface area contributed by atoms with Crippen LogP contribution in [0.2, 0.25) is 0 Å². The SMILES string of the molecule is COc1ccc(C(O)C(O)CN)c(C(=O)NN)c1. The Kier molecular flexibility index (Phi) is 5.05. The number of nitrogen functional groups attached to an aromatic ring is 1. The molecule has 0 heterocycles. The monoisotopic (exact) mass is 255 g/mol. The molecule has 0 bridgehead atoms. The second kappa shape index (κ2) is 6.31. The molecule has 1 aromatic rings. The number of rotatable bonds is 5. The van der Waals surface area contributed by atoms with Crippen LogP contribution in [0.5, 0.6) is 5.75 Å². The maximum atomic E-state index is 11.6. The van der Waals surface area contributed by atoms with E-state index in [0.717, 1.165) is 0 Å². The van der Waals surface area contributed by atoms with E-state index in [1.54, 1.807) is 6.07 Å². The molecular weight excluding hydrogens is 238 g/mol. The summed E-state index contributed by atoms with van der Waals surface area (Å²) in [4.78, 5) is 11.6. The van der Waals surface area contributed by atoms with Crippen molar-refractivity contribution < 1.29 is 19.7 Å². The van der Waals surface area contributed by atoms with Crippen molar-refractivity contribution in [3.63, 3.8) is 0 Å². The molecule has 1 amide bonds. The molecule has 7 heteroatoms. The van der Waals surface area contributed by atoms with Crippen LogP contribution >= 0.6 is 0 Å². The van der Waals surface area contributed by atoms with Gasteiger partial charge in [-0.05, 0) is 17.7 Å². The Balaban J connectivity index is 3.21. The molecule has 0 aliphatic rings. The fraction of sp³-hybridized carbons (Fsp3) is 0.364. The second-order valence-corrected chi connectivity index (χ2v) is 3.67. The van der Waals surface area contributed by atoms with Gasteiger partial charge in [-0.3, -0.25) is 10.2 Å². The van der Waals surface area contributed by atoms with Crippen molar-refractivity contribution in [3.8, 4) is 5.75 Å². The predicted molar refractivity (Wildman–Crippen MR) is 64.7 cm³/mol. The molecule has 0 aliphatic carbocycles. The molecule has 1 aromatic carbocycles. The van der Waals surface area contributed by atoms with Crippen molar-refractivity contribution in [2.24, 2.45) is 11.6 Å². The third-order valence-corrected chi connectivity index (χ3v) is 2.56. The van der Waals surface area contributed by atoms with Crippen LogP contribution in [-0.2, 0) is 0 Å². The normalized spacial score (nSPS) is 13.8. The molecule has 1 rings (SSSR count). The standard InChI is InChI=1S/C11H17N3O4/c1-18-6-2-3-7(10(16)9(15)5-12)8(4-6)11(17)14-13/h2-4,9-10,15-16H,5,12-13H2,1H3,(H,14,17). The van der Waals surface area contributed by atoms with Crippen molar-refractivity contribution in [1.82, 2.24) is 5.43 Å². The van der Waals surface area contributed by atoms with E-state index in [1.807, 2.05) is 5.43 Å². The average molecular weight is 255 g/mol. The molecule has 0 fully saturated rings. The Bertz CT molecular complexity index is 425. The Labute approximate surface area is 104 Å². The molecule has 7 nitrogen and oxygen atoms in total. The molecule has 0 saturated carbocycles. The molecule has 0 saturated heterocycles. The summed E-state index contributed by atoms with van der Waals surface area (Å²) >= 11 is 0. The van der Waals surface area contributed by atoms with E-state index in [2.05, 4.69) is 0 Å². The van der Waals surface area contributed by atoms with E-state index >= 15 is 0 Å². The highest BCUT2D eigenvalue weighted by atomic mass is 16.5. The van der Waals surface area contributed by atoms with E-state index in [4.69, 9.17) is 16.3 Å². The van der Waals surface area contributed by atoms with Crippen LogP contribution in [0.1, 0.15) is 22.0 Å². The van der Waals surface area contributed by atoms with Crippen LogP contribution in [-0.4, -0.2) is 35.9 Å². The van der Waals surface area contributed by atoms with Crippen LogP contribution in [0, 0.1) is 0 Å². The minimum absolute atomic E-state index is 0.122. The lowest BCUT2D eigenvalue weighted by Gasteiger charge is -2.19. The lowest BCUT2D eigenvalue weighted by molar-refractivity contribution is 0.0237. The Morgan fingerprint density at radius 3 is 2.67 bits per heavy atom. The number of aliphatic hydroxyl groups is 2. The first-order valence-corrected chi connectivity index (χ1v) is 5.30. The summed E-state index contributed by atoms with van der Waals surface area (Å²) in [5, 5.41) is 19.4. The summed E-state index contributed by atoms with van der Waals surface area (Å²) in [5.74, 6) is 4.91. The maximum absolute atomic E-state index is 11.6. The van der Waals surface area contributed by atoms with Crippen LogP contribution in [0.25, 0.3) is 0 Å². The lowest BCUT2D eigenvalue weighted by Crippen LogP contribution is -2.33. The zero-order valence-corrected chi connectivity index (χ0v) is 9.96. The molecule has 7 N–H and O–H groups in total. The number of hydrogen-bond donors (Lipinski definition) is 5. The third kappa shape index (κ3) is 2.96. The number of carbonyl (C=O) groups excluding carboxylic acids is 1. The van der Waals surface area contributed by atoms with Gasteiger partial charge in [0.1, 0.15) is 11.9 Å². The highest BCUT2D eigenvalue weighted by molar-refractivity contribution is 5.95. The van der Waals surface area contributed by atoms with Crippen molar-refractivity contribution >= 4 is 5.91 Å². The number of aliphatic hydroxyl groups excluding tert-OH is 2. The molecule has 0 radical (unpaired) electrons. The quantitative estimate of drug-likeness (QED) is 0.251. The number of carbonyl (C=O) groups is 1. The highest BCUT2D eigenvalue weighted by Crippen LogP contribution is 2.25. The van der Waals surface area contributed by atoms with Crippen molar-refractivity contribution in [2.45, 2.75) is 12.2 Å². The average Bonchev–Trinajstić information content (AvgIpc) is 2.43. The largest absolute Gasteiger partial charge is 0.497 e. The summed E-state index contributed by atoms with van der Waals surface area (Å²) in [7, 11) is 1.45. The zero-order chi connectivity index (χ0) is 13.7. The molecule has 0 aliphatic heterocycles. The van der Waals surface area contributed by atoms with Gasteiger partial charge in [0.05, 0.1) is 18.8 Å². The van der Waals surface area contributed by atoms with Crippen molar-refractivity contribution in [2.75, 3.05) is 13.7 Å². The van der Waals surface area contributed by atoms with Gasteiger partial charge < -0.3 is 20.7 Å². The number of hydrazine groups is 1. The smallest absolute Gasteiger partial charge is 0.265 e. The number of methoxy groups -OCH3 is 1. The number of amides is 1. The lowest BCUT2D eigenvalue weighted by atomic mass is 9.98. The Morgan fingerprint density at radius 1 is 1.50 bits per heavy atom. The van der Waals surface area contributed by atoms with E-state index < -0.39 is 18.1 Å². The minimum atomic E-state index is -1.27. The molecule has 18 heavy (non-hydrogen) atoms. The van der Waals surface area contributed by atoms with Gasteiger partial charge in [0.15, 0.2) is 0 Å². The van der Waals surface area contributed by atoms with Crippen molar-refractivity contribution in [3.05, 3.63) is 29.3 Å². The van der Waals surface area contributed by atoms with Gasteiger partial charge in [-0.15, -0.1) is 0 Å². The van der Waals surface area contributed by atoms with E-state index in [0.29, 0.717) is 5.75 Å². The summed E-state index contributed by atoms with van der Waals surface area (Å²) in [6.45, 7) is -0.128. The fourth-order valence-electron chi connectivity index (χ4n) is 1.53. The minimum Gasteiger partial charge on any atom is -0.497 e. The topological polar surface area (TPSA) is 131 Å². The summed E-state index contributed by atoms with van der Waals surface area (Å²) in [5.41, 5.74) is 7.59. The highest BCUT2D eigenvalue weighted by Gasteiger charge is 2.23. The van der Waals surface area contributed by atoms with E-state index in [1.165, 1.54) is 19.2 Å². The Morgan fingerprint density at radius 2 is 2.17 bits per heavy atom. The third-order valence-electron chi connectivity index (χ3n) is 2.56. The molecular formula is C11H17N3O4. The first-order chi connectivity index (χ1) is 8.54. The second-order valence-electron chi connectivity index (χ2n) is 3.67. The van der Waals surface area contributed by atoms with Gasteiger partial charge in [0.25, 0.3) is 5.91 Å². The first-order valence-electron chi connectivity index (χ1n) is 5.30. The summed E-state index contributed by atoms with van der Waals surface area (Å²) in [6, 6.07) is 4.46. The first kappa shape index (κ1) is 14.4.